The molecular weight excluding hydrogens is 472 g/mol. The summed E-state index contributed by atoms with van der Waals surface area (Å²) in [6.45, 7) is 4.99. The summed E-state index contributed by atoms with van der Waals surface area (Å²) < 4.78 is 6.83. The fourth-order valence-electron chi connectivity index (χ4n) is 3.58. The number of nitrogens with zero attached hydrogens (tertiary/aromatic N) is 4. The zero-order valence-corrected chi connectivity index (χ0v) is 20.3. The molecule has 0 unspecified atom stereocenters. The van der Waals surface area contributed by atoms with Crippen LogP contribution in [0.2, 0.25) is 0 Å². The normalized spacial score (nSPS) is 11.9. The van der Waals surface area contributed by atoms with E-state index in [0.29, 0.717) is 5.69 Å². The van der Waals surface area contributed by atoms with Gasteiger partial charge in [-0.3, -0.25) is 9.48 Å². The molecule has 2 aromatic heterocycles. The number of hydrogen-bond donors (Lipinski definition) is 0. The van der Waals surface area contributed by atoms with Crippen LogP contribution in [0.15, 0.2) is 74.2 Å². The Kier molecular flexibility index (Phi) is 6.43. The van der Waals surface area contributed by atoms with Crippen LogP contribution in [-0.2, 0) is 13.6 Å². The molecule has 0 fully saturated rings. The van der Waals surface area contributed by atoms with Crippen molar-refractivity contribution in [3.63, 3.8) is 0 Å². The Bertz CT molecular complexity index is 1310. The number of thiazole rings is 1. The Morgan fingerprint density at radius 2 is 1.77 bits per heavy atom. The number of rotatable bonds is 6. The van der Waals surface area contributed by atoms with Crippen molar-refractivity contribution in [1.29, 1.82) is 0 Å². The zero-order valence-electron chi connectivity index (χ0n) is 17.9. The second-order valence-electron chi connectivity index (χ2n) is 7.44. The van der Waals surface area contributed by atoms with Gasteiger partial charge in [0.1, 0.15) is 0 Å². The molecule has 2 aromatic carbocycles. The highest BCUT2D eigenvalue weighted by Gasteiger charge is 2.16. The van der Waals surface area contributed by atoms with Gasteiger partial charge in [0.15, 0.2) is 10.5 Å². The SMILES string of the molecule is CCCCn1c(-c2ccc(Br)cc2)csc1=Nc1c(C)n(C)n(-c2ccccc2)c1=O. The first-order valence-corrected chi connectivity index (χ1v) is 12.0. The lowest BCUT2D eigenvalue weighted by atomic mass is 10.2. The van der Waals surface area contributed by atoms with Crippen LogP contribution in [0, 0.1) is 6.92 Å². The molecule has 0 bridgehead atoms. The maximum absolute atomic E-state index is 13.3. The van der Waals surface area contributed by atoms with Crippen LogP contribution in [0.25, 0.3) is 16.9 Å². The lowest BCUT2D eigenvalue weighted by Gasteiger charge is -2.08. The Morgan fingerprint density at radius 3 is 2.45 bits per heavy atom. The number of hydrogen-bond acceptors (Lipinski definition) is 3. The monoisotopic (exact) mass is 496 g/mol. The van der Waals surface area contributed by atoms with Crippen LogP contribution in [-0.4, -0.2) is 13.9 Å². The lowest BCUT2D eigenvalue weighted by Crippen LogP contribution is -2.20. The molecule has 0 amide bonds. The van der Waals surface area contributed by atoms with Crippen LogP contribution < -0.4 is 10.4 Å². The molecule has 0 N–H and O–H groups in total. The van der Waals surface area contributed by atoms with Crippen molar-refractivity contribution in [3.05, 3.63) is 85.3 Å². The number of unbranched alkanes of at least 4 members (excludes halogenated alkanes) is 1. The van der Waals surface area contributed by atoms with E-state index in [4.69, 9.17) is 4.99 Å². The Morgan fingerprint density at radius 1 is 1.06 bits per heavy atom. The van der Waals surface area contributed by atoms with E-state index >= 15 is 0 Å². The van der Waals surface area contributed by atoms with Gasteiger partial charge >= 0.3 is 0 Å². The van der Waals surface area contributed by atoms with E-state index in [1.807, 2.05) is 61.1 Å². The molecule has 4 rings (SSSR count). The predicted octanol–water partition coefficient (Wildman–Crippen LogP) is 5.81. The maximum atomic E-state index is 13.3. The van der Waals surface area contributed by atoms with Crippen molar-refractivity contribution >= 4 is 33.0 Å². The molecule has 160 valence electrons. The first-order chi connectivity index (χ1) is 15.0. The van der Waals surface area contributed by atoms with Crippen LogP contribution >= 0.6 is 27.3 Å². The van der Waals surface area contributed by atoms with Crippen molar-refractivity contribution in [2.45, 2.75) is 33.2 Å². The van der Waals surface area contributed by atoms with Crippen molar-refractivity contribution in [1.82, 2.24) is 13.9 Å². The molecule has 4 aromatic rings. The van der Waals surface area contributed by atoms with Crippen LogP contribution in [0.1, 0.15) is 25.5 Å². The third kappa shape index (κ3) is 4.25. The van der Waals surface area contributed by atoms with E-state index in [0.717, 1.165) is 51.3 Å². The van der Waals surface area contributed by atoms with E-state index in [1.165, 1.54) is 0 Å². The summed E-state index contributed by atoms with van der Waals surface area (Å²) in [5.74, 6) is 0. The second-order valence-corrected chi connectivity index (χ2v) is 9.19. The quantitative estimate of drug-likeness (QED) is 0.332. The lowest BCUT2D eigenvalue weighted by molar-refractivity contribution is 0.623. The topological polar surface area (TPSA) is 44.2 Å². The van der Waals surface area contributed by atoms with Crippen LogP contribution in [0.4, 0.5) is 5.69 Å². The molecular formula is C24H25BrN4OS. The standard InChI is InChI=1S/C24H25BrN4OS/c1-4-5-15-28-21(18-11-13-19(25)14-12-18)16-31-24(28)26-22-17(2)27(3)29(23(22)30)20-9-7-6-8-10-20/h6-14,16H,4-5,15H2,1-3H3. The smallest absolute Gasteiger partial charge is 0.297 e. The number of para-hydroxylation sites is 1. The largest absolute Gasteiger partial charge is 0.316 e. The van der Waals surface area contributed by atoms with Gasteiger partial charge in [0.25, 0.3) is 5.56 Å². The molecule has 0 saturated carbocycles. The summed E-state index contributed by atoms with van der Waals surface area (Å²) in [4.78, 5) is 19.0. The highest BCUT2D eigenvalue weighted by atomic mass is 79.9. The first-order valence-electron chi connectivity index (χ1n) is 10.3. The molecule has 0 aliphatic rings. The Balaban J connectivity index is 1.88. The van der Waals surface area contributed by atoms with E-state index in [2.05, 4.69) is 44.9 Å². The second kappa shape index (κ2) is 9.24. The number of halogens is 1. The summed E-state index contributed by atoms with van der Waals surface area (Å²) >= 11 is 5.09. The summed E-state index contributed by atoms with van der Waals surface area (Å²) in [6, 6.07) is 18.0. The molecule has 0 aliphatic heterocycles. The average molecular weight is 497 g/mol. The predicted molar refractivity (Wildman–Crippen MR) is 131 cm³/mol. The van der Waals surface area contributed by atoms with Gasteiger partial charge in [-0.05, 0) is 43.2 Å². The van der Waals surface area contributed by atoms with Gasteiger partial charge in [0.2, 0.25) is 0 Å². The number of aromatic nitrogens is 3. The summed E-state index contributed by atoms with van der Waals surface area (Å²) in [7, 11) is 1.90. The van der Waals surface area contributed by atoms with Crippen LogP contribution in [0.5, 0.6) is 0 Å². The molecule has 0 aliphatic carbocycles. The third-order valence-corrected chi connectivity index (χ3v) is 6.80. The van der Waals surface area contributed by atoms with Crippen molar-refractivity contribution < 1.29 is 0 Å². The zero-order chi connectivity index (χ0) is 22.0. The Hall–Kier alpha value is -2.64. The van der Waals surface area contributed by atoms with Crippen molar-refractivity contribution in [2.75, 3.05) is 0 Å². The van der Waals surface area contributed by atoms with E-state index in [-0.39, 0.29) is 5.56 Å². The minimum Gasteiger partial charge on any atom is -0.316 e. The summed E-state index contributed by atoms with van der Waals surface area (Å²) in [5, 5.41) is 2.13. The van der Waals surface area contributed by atoms with Gasteiger partial charge in [-0.1, -0.05) is 59.6 Å². The first kappa shape index (κ1) is 21.6. The highest BCUT2D eigenvalue weighted by molar-refractivity contribution is 9.10. The van der Waals surface area contributed by atoms with Crippen molar-refractivity contribution in [3.8, 4) is 16.9 Å². The van der Waals surface area contributed by atoms with Crippen molar-refractivity contribution in [2.24, 2.45) is 12.0 Å². The highest BCUT2D eigenvalue weighted by Crippen LogP contribution is 2.24. The van der Waals surface area contributed by atoms with E-state index in [9.17, 15) is 4.79 Å². The summed E-state index contributed by atoms with van der Waals surface area (Å²) in [6.07, 6.45) is 2.14. The van der Waals surface area contributed by atoms with Crippen LogP contribution in [0.3, 0.4) is 0 Å². The molecule has 0 atom stereocenters. The minimum atomic E-state index is -0.105. The Labute approximate surface area is 194 Å². The summed E-state index contributed by atoms with van der Waals surface area (Å²) in [5.41, 5.74) is 4.33. The molecule has 31 heavy (non-hydrogen) atoms. The fraction of sp³-hybridized carbons (Fsp3) is 0.250. The average Bonchev–Trinajstić information content (AvgIpc) is 3.27. The minimum absolute atomic E-state index is 0.105. The molecule has 0 spiro atoms. The third-order valence-electron chi connectivity index (χ3n) is 5.40. The van der Waals surface area contributed by atoms with E-state index < -0.39 is 0 Å². The fourth-order valence-corrected chi connectivity index (χ4v) is 4.79. The number of benzene rings is 2. The van der Waals surface area contributed by atoms with Gasteiger partial charge in [-0.2, -0.15) is 0 Å². The molecule has 5 nitrogen and oxygen atoms in total. The molecule has 2 heterocycles. The van der Waals surface area contributed by atoms with Gasteiger partial charge < -0.3 is 4.57 Å². The van der Waals surface area contributed by atoms with Gasteiger partial charge in [0.05, 0.1) is 17.1 Å². The van der Waals surface area contributed by atoms with E-state index in [1.54, 1.807) is 16.0 Å². The maximum Gasteiger partial charge on any atom is 0.297 e. The van der Waals surface area contributed by atoms with Gasteiger partial charge in [0, 0.05) is 23.4 Å². The molecule has 7 heteroatoms. The molecule has 0 radical (unpaired) electrons. The van der Waals surface area contributed by atoms with Gasteiger partial charge in [-0.25, -0.2) is 9.67 Å². The van der Waals surface area contributed by atoms with Gasteiger partial charge in [-0.15, -0.1) is 11.3 Å². The molecule has 0 saturated heterocycles.